The van der Waals surface area contributed by atoms with Crippen LogP contribution in [-0.2, 0) is 4.84 Å². The zero-order valence-corrected chi connectivity index (χ0v) is 13.1. The van der Waals surface area contributed by atoms with E-state index in [4.69, 9.17) is 10.6 Å². The molecule has 0 aliphatic rings. The molecule has 2 rings (SSSR count). The summed E-state index contributed by atoms with van der Waals surface area (Å²) in [6, 6.07) is 14.9. The molecule has 2 aromatic rings. The molecule has 2 aromatic carbocycles. The summed E-state index contributed by atoms with van der Waals surface area (Å²) in [7, 11) is 0. The van der Waals surface area contributed by atoms with Gasteiger partial charge in [-0.15, -0.1) is 17.2 Å². The molecule has 0 heterocycles. The van der Waals surface area contributed by atoms with Gasteiger partial charge in [-0.3, -0.25) is 4.84 Å². The van der Waals surface area contributed by atoms with E-state index >= 15 is 0 Å². The van der Waals surface area contributed by atoms with Gasteiger partial charge in [0.05, 0.1) is 5.56 Å². The highest BCUT2D eigenvalue weighted by molar-refractivity contribution is 14.1. The maximum absolute atomic E-state index is 11.9. The molecule has 0 spiro atoms. The minimum atomic E-state index is -0.411. The molecular formula is C15H15IN2O2. The Morgan fingerprint density at radius 3 is 2.70 bits per heavy atom. The molecule has 4 nitrogen and oxygen atoms in total. The van der Waals surface area contributed by atoms with Crippen molar-refractivity contribution in [1.29, 1.82) is 0 Å². The second-order valence-electron chi connectivity index (χ2n) is 4.33. The maximum Gasteiger partial charge on any atom is 0.397 e. The highest BCUT2D eigenvalue weighted by atomic mass is 127. The summed E-state index contributed by atoms with van der Waals surface area (Å²) in [4.78, 5) is 17.1. The van der Waals surface area contributed by atoms with Crippen LogP contribution in [0, 0.1) is 16.7 Å². The standard InChI is InChI=1S/C15H15IN2O2/c1-10-5-4-6-11(9-10)14(17)18-20-15(19)12-7-2-3-8-13(12)16/h2-9H,17-18H2,1H3. The number of hydrogen-bond acceptors (Lipinski definition) is 3. The molecule has 0 saturated carbocycles. The van der Waals surface area contributed by atoms with Crippen molar-refractivity contribution in [2.24, 2.45) is 5.73 Å². The minimum Gasteiger partial charge on any atom is -0.306 e. The van der Waals surface area contributed by atoms with Crippen molar-refractivity contribution >= 4 is 28.6 Å². The van der Waals surface area contributed by atoms with Crippen LogP contribution in [-0.4, -0.2) is 5.97 Å². The molecule has 0 radical (unpaired) electrons. The SMILES string of the molecule is Cc1cccc([C-](N)[NH2+]OC(=O)c2ccccc2I)c1. The number of benzene rings is 2. The van der Waals surface area contributed by atoms with Gasteiger partial charge in [-0.25, -0.2) is 4.79 Å². The summed E-state index contributed by atoms with van der Waals surface area (Å²) in [6.45, 7) is 1.98. The molecule has 0 fully saturated rings. The van der Waals surface area contributed by atoms with E-state index in [-0.39, 0.29) is 0 Å². The van der Waals surface area contributed by atoms with Crippen molar-refractivity contribution < 1.29 is 15.1 Å². The van der Waals surface area contributed by atoms with Crippen molar-refractivity contribution in [2.75, 3.05) is 0 Å². The smallest absolute Gasteiger partial charge is 0.306 e. The topological polar surface area (TPSA) is 68.9 Å². The lowest BCUT2D eigenvalue weighted by atomic mass is 10.1. The van der Waals surface area contributed by atoms with Gasteiger partial charge in [-0.1, -0.05) is 25.1 Å². The third kappa shape index (κ3) is 3.72. The van der Waals surface area contributed by atoms with E-state index in [0.717, 1.165) is 14.7 Å². The van der Waals surface area contributed by atoms with Gasteiger partial charge in [-0.05, 0) is 34.7 Å². The highest BCUT2D eigenvalue weighted by Crippen LogP contribution is 2.12. The Balaban J connectivity index is 1.99. The fraction of sp³-hybridized carbons (Fsp3) is 0.0667. The Hall–Kier alpha value is -1.57. The average molecular weight is 382 g/mol. The minimum absolute atomic E-state index is 0.411. The van der Waals surface area contributed by atoms with Crippen molar-refractivity contribution in [3.8, 4) is 0 Å². The first kappa shape index (κ1) is 14.8. The van der Waals surface area contributed by atoms with E-state index in [1.54, 1.807) is 12.1 Å². The molecule has 0 atom stereocenters. The van der Waals surface area contributed by atoms with Gasteiger partial charge >= 0.3 is 5.97 Å². The third-order valence-electron chi connectivity index (χ3n) is 2.74. The summed E-state index contributed by atoms with van der Waals surface area (Å²) < 4.78 is 0.845. The second kappa shape index (κ2) is 6.74. The van der Waals surface area contributed by atoms with Crippen LogP contribution in [0.2, 0.25) is 0 Å². The van der Waals surface area contributed by atoms with E-state index in [9.17, 15) is 4.79 Å². The number of rotatable bonds is 4. The normalized spacial score (nSPS) is 10.2. The first-order valence-electron chi connectivity index (χ1n) is 6.06. The first-order chi connectivity index (χ1) is 9.58. The number of aryl methyl sites for hydroxylation is 1. The van der Waals surface area contributed by atoms with Crippen LogP contribution in [0.1, 0.15) is 21.5 Å². The summed E-state index contributed by atoms with van der Waals surface area (Å²) in [5.41, 5.74) is 9.66. The lowest BCUT2D eigenvalue weighted by molar-refractivity contribution is -0.855. The monoisotopic (exact) mass is 382 g/mol. The van der Waals surface area contributed by atoms with Gasteiger partial charge in [0.15, 0.2) is 0 Å². The Kier molecular flexibility index (Phi) is 4.99. The number of hydrogen-bond donors (Lipinski definition) is 2. The van der Waals surface area contributed by atoms with E-state index in [1.165, 1.54) is 5.48 Å². The summed E-state index contributed by atoms with van der Waals surface area (Å²) in [6.07, 6.45) is 0.424. The summed E-state index contributed by atoms with van der Waals surface area (Å²) in [5.74, 6) is -0.411. The van der Waals surface area contributed by atoms with Gasteiger partial charge < -0.3 is 5.73 Å². The van der Waals surface area contributed by atoms with Crippen LogP contribution in [0.5, 0.6) is 0 Å². The lowest BCUT2D eigenvalue weighted by Crippen LogP contribution is -2.88. The molecule has 5 heteroatoms. The van der Waals surface area contributed by atoms with Crippen molar-refractivity contribution in [3.63, 3.8) is 0 Å². The van der Waals surface area contributed by atoms with Gasteiger partial charge in [-0.2, -0.15) is 17.6 Å². The fourth-order valence-corrected chi connectivity index (χ4v) is 2.31. The molecule has 0 saturated heterocycles. The number of nitrogens with two attached hydrogens (primary N) is 2. The van der Waals surface area contributed by atoms with Gasteiger partial charge in [0.25, 0.3) is 0 Å². The second-order valence-corrected chi connectivity index (χ2v) is 5.49. The predicted molar refractivity (Wildman–Crippen MR) is 84.2 cm³/mol. The van der Waals surface area contributed by atoms with Crippen LogP contribution in [0.4, 0.5) is 0 Å². The molecule has 0 aliphatic heterocycles. The summed E-state index contributed by atoms with van der Waals surface area (Å²) >= 11 is 2.10. The quantitative estimate of drug-likeness (QED) is 0.481. The van der Waals surface area contributed by atoms with Crippen LogP contribution < -0.4 is 11.2 Å². The van der Waals surface area contributed by atoms with Crippen LogP contribution >= 0.6 is 22.6 Å². The number of quaternary nitrogens is 1. The Morgan fingerprint density at radius 1 is 1.25 bits per heavy atom. The zero-order valence-electron chi connectivity index (χ0n) is 11.0. The van der Waals surface area contributed by atoms with Crippen molar-refractivity contribution in [2.45, 2.75) is 6.92 Å². The predicted octanol–water partition coefficient (Wildman–Crippen LogP) is 1.73. The van der Waals surface area contributed by atoms with Crippen molar-refractivity contribution in [3.05, 3.63) is 75.0 Å². The first-order valence-corrected chi connectivity index (χ1v) is 7.14. The number of carbonyl (C=O) groups excluding carboxylic acids is 1. The van der Waals surface area contributed by atoms with Crippen molar-refractivity contribution in [1.82, 2.24) is 0 Å². The molecule has 0 aromatic heterocycles. The van der Waals surface area contributed by atoms with Gasteiger partial charge in [0, 0.05) is 3.57 Å². The largest absolute Gasteiger partial charge is 0.397 e. The Morgan fingerprint density at radius 2 is 2.00 bits per heavy atom. The number of hydroxylamine groups is 1. The van der Waals surface area contributed by atoms with Crippen LogP contribution in [0.15, 0.2) is 48.5 Å². The molecule has 0 bridgehead atoms. The fourth-order valence-electron chi connectivity index (χ4n) is 1.70. The molecule has 0 aliphatic carbocycles. The molecule has 4 N–H and O–H groups in total. The molecular weight excluding hydrogens is 367 g/mol. The van der Waals surface area contributed by atoms with Crippen LogP contribution in [0.3, 0.4) is 0 Å². The highest BCUT2D eigenvalue weighted by Gasteiger charge is 2.14. The van der Waals surface area contributed by atoms with E-state index < -0.39 is 5.97 Å². The van der Waals surface area contributed by atoms with Gasteiger partial charge in [0.2, 0.25) is 0 Å². The van der Waals surface area contributed by atoms with E-state index in [0.29, 0.717) is 11.7 Å². The lowest BCUT2D eigenvalue weighted by Gasteiger charge is -2.16. The number of carbonyl (C=O) groups is 1. The zero-order chi connectivity index (χ0) is 14.5. The molecule has 20 heavy (non-hydrogen) atoms. The third-order valence-corrected chi connectivity index (χ3v) is 3.68. The van der Waals surface area contributed by atoms with Crippen LogP contribution in [0.25, 0.3) is 0 Å². The molecule has 0 unspecified atom stereocenters. The van der Waals surface area contributed by atoms with Gasteiger partial charge in [0.1, 0.15) is 6.17 Å². The molecule has 0 amide bonds. The molecule has 104 valence electrons. The van der Waals surface area contributed by atoms with E-state index in [2.05, 4.69) is 22.6 Å². The Bertz CT molecular complexity index is 616. The van der Waals surface area contributed by atoms with E-state index in [1.807, 2.05) is 43.3 Å². The summed E-state index contributed by atoms with van der Waals surface area (Å²) in [5, 5.41) is 0. The number of halogens is 1. The Labute approximate surface area is 131 Å². The maximum atomic E-state index is 11.9. The average Bonchev–Trinajstić information content (AvgIpc) is 2.45.